The first-order chi connectivity index (χ1) is 3.93. The molecule has 3 heteroatoms. The largest absolute Gasteiger partial charge is 1.00 e. The minimum atomic E-state index is 0. The van der Waals surface area contributed by atoms with Crippen LogP contribution in [0.15, 0.2) is 24.4 Å². The van der Waals surface area contributed by atoms with Crippen molar-refractivity contribution < 1.29 is 36.1 Å². The van der Waals surface area contributed by atoms with Crippen LogP contribution in [0.5, 0.6) is 0 Å². The van der Waals surface area contributed by atoms with Crippen molar-refractivity contribution in [2.24, 2.45) is 0 Å². The SMILES string of the molecule is OCc1ccccn1.[H-].[Na+]. The Morgan fingerprint density at radius 1 is 1.56 bits per heavy atom. The monoisotopic (exact) mass is 133 g/mol. The third-order valence-electron chi connectivity index (χ3n) is 0.888. The van der Waals surface area contributed by atoms with Gasteiger partial charge in [-0.1, -0.05) is 6.07 Å². The normalized spacial score (nSPS) is 8.11. The second-order valence-electron chi connectivity index (χ2n) is 1.48. The molecule has 0 aromatic carbocycles. The summed E-state index contributed by atoms with van der Waals surface area (Å²) < 4.78 is 0. The van der Waals surface area contributed by atoms with Crippen molar-refractivity contribution in [2.45, 2.75) is 6.61 Å². The van der Waals surface area contributed by atoms with Gasteiger partial charge in [0, 0.05) is 6.20 Å². The Bertz CT molecular complexity index is 159. The van der Waals surface area contributed by atoms with Crippen molar-refractivity contribution in [2.75, 3.05) is 0 Å². The summed E-state index contributed by atoms with van der Waals surface area (Å²) in [6, 6.07) is 5.44. The molecule has 0 spiro atoms. The number of hydrogen-bond donors (Lipinski definition) is 1. The van der Waals surface area contributed by atoms with Crippen LogP contribution in [0.1, 0.15) is 7.12 Å². The van der Waals surface area contributed by atoms with Crippen LogP contribution >= 0.6 is 0 Å². The van der Waals surface area contributed by atoms with Crippen LogP contribution in [-0.4, -0.2) is 10.1 Å². The fraction of sp³-hybridized carbons (Fsp3) is 0.167. The molecule has 9 heavy (non-hydrogen) atoms. The summed E-state index contributed by atoms with van der Waals surface area (Å²) in [7, 11) is 0. The van der Waals surface area contributed by atoms with Gasteiger partial charge in [-0.05, 0) is 12.1 Å². The average molecular weight is 133 g/mol. The summed E-state index contributed by atoms with van der Waals surface area (Å²) in [5.41, 5.74) is 0.715. The van der Waals surface area contributed by atoms with Crippen molar-refractivity contribution in [3.05, 3.63) is 30.1 Å². The zero-order valence-electron chi connectivity index (χ0n) is 6.41. The van der Waals surface area contributed by atoms with Crippen molar-refractivity contribution in [3.63, 3.8) is 0 Å². The van der Waals surface area contributed by atoms with Crippen molar-refractivity contribution in [1.82, 2.24) is 4.98 Å². The standard InChI is InChI=1S/C6H7NO.Na.H/c8-5-6-3-1-2-4-7-6;;/h1-4,8H,5H2;;/q;+1;-1. The number of hydrogen-bond acceptors (Lipinski definition) is 2. The van der Waals surface area contributed by atoms with Gasteiger partial charge in [-0.3, -0.25) is 4.98 Å². The maximum atomic E-state index is 8.48. The molecule has 0 aliphatic heterocycles. The minimum absolute atomic E-state index is 0. The van der Waals surface area contributed by atoms with E-state index in [1.807, 2.05) is 12.1 Å². The first-order valence-corrected chi connectivity index (χ1v) is 2.44. The molecule has 0 saturated carbocycles. The summed E-state index contributed by atoms with van der Waals surface area (Å²) in [5, 5.41) is 8.48. The molecule has 0 unspecified atom stereocenters. The van der Waals surface area contributed by atoms with Gasteiger partial charge in [0.2, 0.25) is 0 Å². The first kappa shape index (κ1) is 9.11. The molecule has 0 bridgehead atoms. The van der Waals surface area contributed by atoms with E-state index in [0.717, 1.165) is 0 Å². The first-order valence-electron chi connectivity index (χ1n) is 2.44. The second-order valence-corrected chi connectivity index (χ2v) is 1.48. The molecule has 0 amide bonds. The molecule has 1 N–H and O–H groups in total. The maximum Gasteiger partial charge on any atom is 1.00 e. The molecule has 1 aromatic heterocycles. The van der Waals surface area contributed by atoms with E-state index in [-0.39, 0.29) is 37.6 Å². The Morgan fingerprint density at radius 3 is 2.67 bits per heavy atom. The molecule has 0 aliphatic carbocycles. The zero-order valence-corrected chi connectivity index (χ0v) is 7.41. The molecular weight excluding hydrogens is 125 g/mol. The van der Waals surface area contributed by atoms with E-state index in [9.17, 15) is 0 Å². The van der Waals surface area contributed by atoms with Crippen LogP contribution in [0.2, 0.25) is 0 Å². The maximum absolute atomic E-state index is 8.48. The smallest absolute Gasteiger partial charge is 1.00 e. The Kier molecular flexibility index (Phi) is 5.00. The summed E-state index contributed by atoms with van der Waals surface area (Å²) in [6.45, 7) is 0.0286. The number of nitrogens with zero attached hydrogens (tertiary/aromatic N) is 1. The van der Waals surface area contributed by atoms with Gasteiger partial charge in [0.25, 0.3) is 0 Å². The fourth-order valence-corrected chi connectivity index (χ4v) is 0.492. The van der Waals surface area contributed by atoms with E-state index < -0.39 is 0 Å². The molecule has 1 aromatic rings. The van der Waals surface area contributed by atoms with Crippen LogP contribution in [0.3, 0.4) is 0 Å². The molecule has 0 radical (unpaired) electrons. The Hall–Kier alpha value is 0.110. The minimum Gasteiger partial charge on any atom is -1.00 e. The van der Waals surface area contributed by atoms with Crippen molar-refractivity contribution in [3.8, 4) is 0 Å². The van der Waals surface area contributed by atoms with Gasteiger partial charge >= 0.3 is 29.6 Å². The molecule has 0 saturated heterocycles. The molecule has 1 rings (SSSR count). The van der Waals surface area contributed by atoms with Crippen molar-refractivity contribution >= 4 is 0 Å². The van der Waals surface area contributed by atoms with Gasteiger partial charge in [-0.2, -0.15) is 0 Å². The molecular formula is C6H8NNaO. The predicted octanol–water partition coefficient (Wildman–Crippen LogP) is -2.31. The van der Waals surface area contributed by atoms with Gasteiger partial charge in [-0.15, -0.1) is 0 Å². The number of rotatable bonds is 1. The van der Waals surface area contributed by atoms with Crippen LogP contribution in [0.4, 0.5) is 0 Å². The molecule has 0 aliphatic rings. The van der Waals surface area contributed by atoms with Gasteiger partial charge in [0.1, 0.15) is 0 Å². The molecule has 0 atom stereocenters. The van der Waals surface area contributed by atoms with E-state index in [2.05, 4.69) is 4.98 Å². The van der Waals surface area contributed by atoms with Crippen LogP contribution in [-0.2, 0) is 6.61 Å². The zero-order chi connectivity index (χ0) is 5.82. The van der Waals surface area contributed by atoms with E-state index >= 15 is 0 Å². The Balaban J connectivity index is 0. The third-order valence-corrected chi connectivity index (χ3v) is 0.888. The van der Waals surface area contributed by atoms with Crippen LogP contribution in [0, 0.1) is 0 Å². The Morgan fingerprint density at radius 2 is 2.33 bits per heavy atom. The molecule has 44 valence electrons. The average Bonchev–Trinajstić information content (AvgIpc) is 1.90. The van der Waals surface area contributed by atoms with Gasteiger partial charge in [0.05, 0.1) is 12.3 Å². The molecule has 2 nitrogen and oxygen atoms in total. The summed E-state index contributed by atoms with van der Waals surface area (Å²) >= 11 is 0. The van der Waals surface area contributed by atoms with Crippen LogP contribution in [0.25, 0.3) is 0 Å². The van der Waals surface area contributed by atoms with E-state index in [0.29, 0.717) is 5.69 Å². The van der Waals surface area contributed by atoms with Crippen LogP contribution < -0.4 is 29.6 Å². The molecule has 0 fully saturated rings. The van der Waals surface area contributed by atoms with Crippen molar-refractivity contribution in [1.29, 1.82) is 0 Å². The number of aliphatic hydroxyl groups is 1. The second kappa shape index (κ2) is 4.94. The fourth-order valence-electron chi connectivity index (χ4n) is 0.492. The topological polar surface area (TPSA) is 33.1 Å². The number of aliphatic hydroxyl groups excluding tert-OH is 1. The van der Waals surface area contributed by atoms with Gasteiger partial charge in [0.15, 0.2) is 0 Å². The van der Waals surface area contributed by atoms with Gasteiger partial charge < -0.3 is 6.53 Å². The summed E-state index contributed by atoms with van der Waals surface area (Å²) in [5.74, 6) is 0. The van der Waals surface area contributed by atoms with Gasteiger partial charge in [-0.25, -0.2) is 0 Å². The Labute approximate surface area is 77.7 Å². The van der Waals surface area contributed by atoms with E-state index in [1.54, 1.807) is 12.3 Å². The summed E-state index contributed by atoms with van der Waals surface area (Å²) in [4.78, 5) is 3.85. The van der Waals surface area contributed by atoms with E-state index in [4.69, 9.17) is 5.11 Å². The third kappa shape index (κ3) is 2.96. The quantitative estimate of drug-likeness (QED) is 0.437. The number of pyridine rings is 1. The predicted molar refractivity (Wildman–Crippen MR) is 31.3 cm³/mol. The number of aromatic nitrogens is 1. The summed E-state index contributed by atoms with van der Waals surface area (Å²) in [6.07, 6.45) is 1.66. The van der Waals surface area contributed by atoms with E-state index in [1.165, 1.54) is 0 Å². The molecule has 1 heterocycles.